The van der Waals surface area contributed by atoms with Gasteiger partial charge in [0, 0.05) is 19.3 Å². The standard InChI is InChI=1S/C21H21N3O2/c25-21(26-19-7-4-10-22-15-19)24-11-8-16(9-12-24)18-13-20(23-14-18)17-5-2-1-3-6-17/h1-7,10,13,15-16H,8-9,11-12,14H2. The summed E-state index contributed by atoms with van der Waals surface area (Å²) in [6.45, 7) is 2.19. The third-order valence-electron chi connectivity index (χ3n) is 4.94. The Hall–Kier alpha value is -2.95. The van der Waals surface area contributed by atoms with Gasteiger partial charge in [0.15, 0.2) is 5.75 Å². The molecule has 1 saturated heterocycles. The van der Waals surface area contributed by atoms with Crippen molar-refractivity contribution in [2.24, 2.45) is 10.9 Å². The Kier molecular flexibility index (Phi) is 4.78. The summed E-state index contributed by atoms with van der Waals surface area (Å²) in [5.41, 5.74) is 3.61. The molecule has 2 aliphatic heterocycles. The van der Waals surface area contributed by atoms with Crippen LogP contribution < -0.4 is 4.74 Å². The van der Waals surface area contributed by atoms with E-state index >= 15 is 0 Å². The van der Waals surface area contributed by atoms with Crippen LogP contribution in [0.3, 0.4) is 0 Å². The van der Waals surface area contributed by atoms with Crippen LogP contribution in [0.1, 0.15) is 18.4 Å². The number of hydrogen-bond donors (Lipinski definition) is 0. The van der Waals surface area contributed by atoms with Crippen LogP contribution in [0.2, 0.25) is 0 Å². The lowest BCUT2D eigenvalue weighted by Crippen LogP contribution is -2.40. The molecule has 0 spiro atoms. The van der Waals surface area contributed by atoms with E-state index in [0.29, 0.717) is 24.8 Å². The van der Waals surface area contributed by atoms with Gasteiger partial charge >= 0.3 is 6.09 Å². The van der Waals surface area contributed by atoms with Crippen LogP contribution in [0.25, 0.3) is 0 Å². The summed E-state index contributed by atoms with van der Waals surface area (Å²) < 4.78 is 5.38. The second-order valence-electron chi connectivity index (χ2n) is 6.60. The van der Waals surface area contributed by atoms with Crippen LogP contribution >= 0.6 is 0 Å². The SMILES string of the molecule is O=C(Oc1cccnc1)N1CCC(C2=CC(c3ccccc3)=NC2)CC1. The molecule has 3 heterocycles. The molecule has 0 N–H and O–H groups in total. The second-order valence-corrected chi connectivity index (χ2v) is 6.60. The van der Waals surface area contributed by atoms with Crippen LogP contribution in [0.5, 0.6) is 5.75 Å². The fourth-order valence-corrected chi connectivity index (χ4v) is 3.48. The number of carbonyl (C=O) groups is 1. The molecule has 1 aromatic heterocycles. The van der Waals surface area contributed by atoms with Gasteiger partial charge in [0.25, 0.3) is 0 Å². The first-order valence-electron chi connectivity index (χ1n) is 8.97. The van der Waals surface area contributed by atoms with Gasteiger partial charge in [-0.3, -0.25) is 9.98 Å². The first-order valence-corrected chi connectivity index (χ1v) is 8.97. The molecule has 2 aliphatic rings. The molecule has 26 heavy (non-hydrogen) atoms. The molecule has 1 fully saturated rings. The van der Waals surface area contributed by atoms with Crippen molar-refractivity contribution in [2.45, 2.75) is 12.8 Å². The lowest BCUT2D eigenvalue weighted by molar-refractivity contribution is 0.135. The van der Waals surface area contributed by atoms with E-state index < -0.39 is 0 Å². The number of pyridine rings is 1. The van der Waals surface area contributed by atoms with E-state index in [4.69, 9.17) is 4.74 Å². The van der Waals surface area contributed by atoms with E-state index in [9.17, 15) is 4.79 Å². The molecule has 5 heteroatoms. The van der Waals surface area contributed by atoms with Crippen molar-refractivity contribution in [3.05, 3.63) is 72.1 Å². The first-order chi connectivity index (χ1) is 12.8. The normalized spacial score (nSPS) is 17.6. The highest BCUT2D eigenvalue weighted by atomic mass is 16.6. The highest BCUT2D eigenvalue weighted by molar-refractivity contribution is 6.10. The van der Waals surface area contributed by atoms with Gasteiger partial charge in [-0.15, -0.1) is 0 Å². The third kappa shape index (κ3) is 3.67. The van der Waals surface area contributed by atoms with Gasteiger partial charge in [0.2, 0.25) is 0 Å². The van der Waals surface area contributed by atoms with E-state index in [2.05, 4.69) is 28.2 Å². The zero-order valence-corrected chi connectivity index (χ0v) is 14.5. The monoisotopic (exact) mass is 347 g/mol. The predicted octanol–water partition coefficient (Wildman–Crippen LogP) is 3.72. The number of likely N-dealkylation sites (tertiary alicyclic amines) is 1. The minimum Gasteiger partial charge on any atom is -0.409 e. The highest BCUT2D eigenvalue weighted by Gasteiger charge is 2.27. The number of allylic oxidation sites excluding steroid dienone is 1. The van der Waals surface area contributed by atoms with Crippen molar-refractivity contribution in [2.75, 3.05) is 19.6 Å². The number of nitrogens with zero attached hydrogens (tertiary/aromatic N) is 3. The Morgan fingerprint density at radius 2 is 1.88 bits per heavy atom. The summed E-state index contributed by atoms with van der Waals surface area (Å²) in [6, 6.07) is 13.8. The summed E-state index contributed by atoms with van der Waals surface area (Å²) in [6.07, 6.45) is 7.04. The highest BCUT2D eigenvalue weighted by Crippen LogP contribution is 2.28. The van der Waals surface area contributed by atoms with Gasteiger partial charge < -0.3 is 9.64 Å². The second kappa shape index (κ2) is 7.52. The molecule has 0 atom stereocenters. The molecule has 1 amide bonds. The molecule has 132 valence electrons. The molecule has 2 aromatic rings. The van der Waals surface area contributed by atoms with Gasteiger partial charge in [-0.2, -0.15) is 0 Å². The molecular weight excluding hydrogens is 326 g/mol. The zero-order valence-electron chi connectivity index (χ0n) is 14.5. The summed E-state index contributed by atoms with van der Waals surface area (Å²) in [4.78, 5) is 22.7. The number of aliphatic imine (C=N–C) groups is 1. The van der Waals surface area contributed by atoms with Crippen molar-refractivity contribution in [3.8, 4) is 5.75 Å². The Labute approximate surface area is 153 Å². The largest absolute Gasteiger partial charge is 0.415 e. The average molecular weight is 347 g/mol. The number of carbonyl (C=O) groups excluding carboxylic acids is 1. The zero-order chi connectivity index (χ0) is 17.8. The van der Waals surface area contributed by atoms with E-state index in [0.717, 1.165) is 25.1 Å². The number of aromatic nitrogens is 1. The van der Waals surface area contributed by atoms with Crippen molar-refractivity contribution in [1.82, 2.24) is 9.88 Å². The summed E-state index contributed by atoms with van der Waals surface area (Å²) >= 11 is 0. The molecule has 0 aliphatic carbocycles. The Balaban J connectivity index is 1.32. The van der Waals surface area contributed by atoms with Crippen LogP contribution in [0, 0.1) is 5.92 Å². The maximum atomic E-state index is 12.3. The van der Waals surface area contributed by atoms with E-state index in [-0.39, 0.29) is 6.09 Å². The van der Waals surface area contributed by atoms with Gasteiger partial charge in [0.05, 0.1) is 18.5 Å². The van der Waals surface area contributed by atoms with Crippen molar-refractivity contribution >= 4 is 11.8 Å². The number of amides is 1. The summed E-state index contributed by atoms with van der Waals surface area (Å²) in [5, 5.41) is 0. The fraction of sp³-hybridized carbons (Fsp3) is 0.286. The summed E-state index contributed by atoms with van der Waals surface area (Å²) in [5.74, 6) is 0.974. The lowest BCUT2D eigenvalue weighted by atomic mass is 9.89. The topological polar surface area (TPSA) is 54.8 Å². The third-order valence-corrected chi connectivity index (χ3v) is 4.94. The van der Waals surface area contributed by atoms with Crippen molar-refractivity contribution < 1.29 is 9.53 Å². The molecule has 0 bridgehead atoms. The van der Waals surface area contributed by atoms with Crippen LogP contribution in [-0.4, -0.2) is 41.3 Å². The van der Waals surface area contributed by atoms with Gasteiger partial charge in [-0.25, -0.2) is 4.79 Å². The van der Waals surface area contributed by atoms with E-state index in [1.165, 1.54) is 11.1 Å². The smallest absolute Gasteiger partial charge is 0.409 e. The fourth-order valence-electron chi connectivity index (χ4n) is 3.48. The lowest BCUT2D eigenvalue weighted by Gasteiger charge is -2.31. The molecule has 5 nitrogen and oxygen atoms in total. The van der Waals surface area contributed by atoms with Crippen molar-refractivity contribution in [1.29, 1.82) is 0 Å². The van der Waals surface area contributed by atoms with E-state index in [1.54, 1.807) is 29.4 Å². The number of benzene rings is 1. The first kappa shape index (κ1) is 16.5. The molecule has 0 radical (unpaired) electrons. The van der Waals surface area contributed by atoms with Gasteiger partial charge in [0.1, 0.15) is 0 Å². The maximum absolute atomic E-state index is 12.3. The minimum absolute atomic E-state index is 0.293. The molecule has 0 unspecified atom stereocenters. The van der Waals surface area contributed by atoms with Crippen LogP contribution in [0.4, 0.5) is 4.79 Å². The Morgan fingerprint density at radius 3 is 2.62 bits per heavy atom. The summed E-state index contributed by atoms with van der Waals surface area (Å²) in [7, 11) is 0. The quantitative estimate of drug-likeness (QED) is 0.850. The number of rotatable bonds is 3. The Morgan fingerprint density at radius 1 is 1.08 bits per heavy atom. The van der Waals surface area contributed by atoms with Crippen LogP contribution in [0.15, 0.2) is 71.5 Å². The average Bonchev–Trinajstić information content (AvgIpc) is 3.20. The van der Waals surface area contributed by atoms with Crippen LogP contribution in [-0.2, 0) is 0 Å². The van der Waals surface area contributed by atoms with Gasteiger partial charge in [-0.05, 0) is 48.1 Å². The number of piperidine rings is 1. The predicted molar refractivity (Wildman–Crippen MR) is 100 cm³/mol. The molecule has 4 rings (SSSR count). The van der Waals surface area contributed by atoms with E-state index in [1.807, 2.05) is 18.2 Å². The number of hydrogen-bond acceptors (Lipinski definition) is 4. The number of ether oxygens (including phenoxy) is 1. The molecular formula is C21H21N3O2. The minimum atomic E-state index is -0.293. The maximum Gasteiger partial charge on any atom is 0.415 e. The molecule has 0 saturated carbocycles. The van der Waals surface area contributed by atoms with Gasteiger partial charge in [-0.1, -0.05) is 30.3 Å². The molecule has 1 aromatic carbocycles. The Bertz CT molecular complexity index is 823. The van der Waals surface area contributed by atoms with Crippen molar-refractivity contribution in [3.63, 3.8) is 0 Å².